The maximum atomic E-state index is 10.5. The van der Waals surface area contributed by atoms with Crippen molar-refractivity contribution in [1.29, 1.82) is 0 Å². The van der Waals surface area contributed by atoms with Gasteiger partial charge in [-0.1, -0.05) is 35.7 Å². The van der Waals surface area contributed by atoms with E-state index in [9.17, 15) is 5.11 Å². The maximum Gasteiger partial charge on any atom is 0.0829 e. The van der Waals surface area contributed by atoms with Crippen molar-refractivity contribution in [2.75, 3.05) is 0 Å². The molecular weight excluding hydrogens is 391 g/mol. The van der Waals surface area contributed by atoms with Gasteiger partial charge in [0.05, 0.1) is 6.10 Å². The van der Waals surface area contributed by atoms with Crippen molar-refractivity contribution in [2.45, 2.75) is 38.7 Å². The second-order valence-corrected chi connectivity index (χ2v) is 7.23. The Kier molecular flexibility index (Phi) is 4.89. The monoisotopic (exact) mass is 408 g/mol. The number of hydrogen-bond acceptors (Lipinski definition) is 1. The van der Waals surface area contributed by atoms with E-state index in [4.69, 9.17) is 0 Å². The van der Waals surface area contributed by atoms with Crippen molar-refractivity contribution >= 4 is 38.5 Å². The average molecular weight is 409 g/mol. The van der Waals surface area contributed by atoms with Gasteiger partial charge in [0.1, 0.15) is 0 Å². The van der Waals surface area contributed by atoms with Gasteiger partial charge in [-0.25, -0.2) is 0 Å². The van der Waals surface area contributed by atoms with E-state index in [1.807, 2.05) is 6.07 Å². The lowest BCUT2D eigenvalue weighted by molar-refractivity contribution is 0.0749. The van der Waals surface area contributed by atoms with Gasteiger partial charge in [-0.05, 0) is 71.0 Å². The summed E-state index contributed by atoms with van der Waals surface area (Å²) in [4.78, 5) is 0. The van der Waals surface area contributed by atoms with Crippen LogP contribution in [0.5, 0.6) is 0 Å². The third-order valence-electron chi connectivity index (χ3n) is 3.78. The van der Waals surface area contributed by atoms with E-state index in [2.05, 4.69) is 57.6 Å². The van der Waals surface area contributed by atoms with Crippen molar-refractivity contribution in [3.05, 3.63) is 31.8 Å². The minimum Gasteiger partial charge on any atom is -0.388 e. The van der Waals surface area contributed by atoms with Crippen LogP contribution in [0.15, 0.2) is 22.7 Å². The lowest BCUT2D eigenvalue weighted by Gasteiger charge is -2.30. The second kappa shape index (κ2) is 6.02. The highest BCUT2D eigenvalue weighted by molar-refractivity contribution is 14.1. The molecule has 0 radical (unpaired) electrons. The van der Waals surface area contributed by atoms with Crippen molar-refractivity contribution in [2.24, 2.45) is 11.8 Å². The summed E-state index contributed by atoms with van der Waals surface area (Å²) in [6.45, 7) is 2.31. The SMILES string of the molecule is CC1CCC(C(O)c2cc(I)ccc2Br)CC1. The molecule has 1 atom stereocenters. The Morgan fingerprint density at radius 1 is 1.29 bits per heavy atom. The van der Waals surface area contributed by atoms with Crippen molar-refractivity contribution in [3.8, 4) is 0 Å². The molecule has 0 saturated heterocycles. The zero-order valence-corrected chi connectivity index (χ0v) is 13.7. The zero-order valence-electron chi connectivity index (χ0n) is 10.00. The fourth-order valence-electron chi connectivity index (χ4n) is 2.60. The molecule has 1 aliphatic carbocycles. The summed E-state index contributed by atoms with van der Waals surface area (Å²) in [5.41, 5.74) is 1.05. The zero-order chi connectivity index (χ0) is 12.4. The number of halogens is 2. The molecule has 94 valence electrons. The first kappa shape index (κ1) is 13.8. The maximum absolute atomic E-state index is 10.5. The van der Waals surface area contributed by atoms with E-state index in [0.29, 0.717) is 5.92 Å². The summed E-state index contributed by atoms with van der Waals surface area (Å²) in [7, 11) is 0. The van der Waals surface area contributed by atoms with Crippen LogP contribution in [0.25, 0.3) is 0 Å². The van der Waals surface area contributed by atoms with E-state index in [1.54, 1.807) is 0 Å². The number of rotatable bonds is 2. The van der Waals surface area contributed by atoms with E-state index >= 15 is 0 Å². The molecule has 17 heavy (non-hydrogen) atoms. The smallest absolute Gasteiger partial charge is 0.0829 e. The van der Waals surface area contributed by atoms with E-state index < -0.39 is 0 Å². The van der Waals surface area contributed by atoms with Gasteiger partial charge in [0, 0.05) is 8.04 Å². The molecule has 0 aliphatic heterocycles. The molecule has 0 heterocycles. The molecule has 1 unspecified atom stereocenters. The standard InChI is InChI=1S/C14H18BrIO/c1-9-2-4-10(5-3-9)14(17)12-8-11(16)6-7-13(12)15/h6-10,14,17H,2-5H2,1H3. The highest BCUT2D eigenvalue weighted by Crippen LogP contribution is 2.39. The number of aliphatic hydroxyl groups excluding tert-OH is 1. The van der Waals surface area contributed by atoms with Crippen LogP contribution < -0.4 is 0 Å². The molecule has 1 nitrogen and oxygen atoms in total. The first-order valence-electron chi connectivity index (χ1n) is 6.21. The summed E-state index contributed by atoms with van der Waals surface area (Å²) in [6.07, 6.45) is 4.50. The highest BCUT2D eigenvalue weighted by atomic mass is 127. The third kappa shape index (κ3) is 3.44. The van der Waals surface area contributed by atoms with E-state index in [0.717, 1.165) is 28.8 Å². The van der Waals surface area contributed by atoms with E-state index in [1.165, 1.54) is 16.4 Å². The van der Waals surface area contributed by atoms with Gasteiger partial charge in [-0.2, -0.15) is 0 Å². The largest absolute Gasteiger partial charge is 0.388 e. The Hall–Kier alpha value is 0.390. The molecule has 0 spiro atoms. The predicted molar refractivity (Wildman–Crippen MR) is 82.9 cm³/mol. The molecule has 1 N–H and O–H groups in total. The number of hydrogen-bond donors (Lipinski definition) is 1. The molecule has 1 aliphatic rings. The van der Waals surface area contributed by atoms with Crippen LogP contribution in [-0.4, -0.2) is 5.11 Å². The normalized spacial score (nSPS) is 26.8. The Labute approximate surface area is 125 Å². The molecule has 1 aromatic rings. The Morgan fingerprint density at radius 3 is 2.59 bits per heavy atom. The van der Waals surface area contributed by atoms with Crippen LogP contribution >= 0.6 is 38.5 Å². The third-order valence-corrected chi connectivity index (χ3v) is 5.18. The molecule has 1 fully saturated rings. The summed E-state index contributed by atoms with van der Waals surface area (Å²) in [6, 6.07) is 6.18. The summed E-state index contributed by atoms with van der Waals surface area (Å²) in [5, 5.41) is 10.5. The van der Waals surface area contributed by atoms with Gasteiger partial charge in [0.25, 0.3) is 0 Å². The highest BCUT2D eigenvalue weighted by Gasteiger charge is 2.26. The molecular formula is C14H18BrIO. The molecule has 1 aromatic carbocycles. The second-order valence-electron chi connectivity index (χ2n) is 5.13. The van der Waals surface area contributed by atoms with Crippen molar-refractivity contribution in [1.82, 2.24) is 0 Å². The van der Waals surface area contributed by atoms with Gasteiger partial charge in [0.2, 0.25) is 0 Å². The summed E-state index contributed by atoms with van der Waals surface area (Å²) < 4.78 is 2.22. The minimum atomic E-state index is -0.313. The molecule has 0 bridgehead atoms. The van der Waals surface area contributed by atoms with E-state index in [-0.39, 0.29) is 6.10 Å². The van der Waals surface area contributed by atoms with Crippen LogP contribution in [0, 0.1) is 15.4 Å². The first-order valence-corrected chi connectivity index (χ1v) is 8.08. The first-order chi connectivity index (χ1) is 8.08. The fraction of sp³-hybridized carbons (Fsp3) is 0.571. The Bertz CT molecular complexity index is 386. The number of aliphatic hydroxyl groups is 1. The lowest BCUT2D eigenvalue weighted by atomic mass is 9.78. The van der Waals surface area contributed by atoms with Crippen molar-refractivity contribution in [3.63, 3.8) is 0 Å². The van der Waals surface area contributed by atoms with Gasteiger partial charge in [-0.3, -0.25) is 0 Å². The average Bonchev–Trinajstić information content (AvgIpc) is 2.32. The van der Waals surface area contributed by atoms with Gasteiger partial charge in [-0.15, -0.1) is 0 Å². The number of benzene rings is 1. The quantitative estimate of drug-likeness (QED) is 0.689. The molecule has 1 saturated carbocycles. The van der Waals surface area contributed by atoms with Crippen LogP contribution in [0.1, 0.15) is 44.3 Å². The fourth-order valence-corrected chi connectivity index (χ4v) is 3.59. The molecule has 3 heteroatoms. The van der Waals surface area contributed by atoms with Crippen molar-refractivity contribution < 1.29 is 5.11 Å². The van der Waals surface area contributed by atoms with Crippen LogP contribution in [-0.2, 0) is 0 Å². The van der Waals surface area contributed by atoms with Crippen LogP contribution in [0.2, 0.25) is 0 Å². The van der Waals surface area contributed by atoms with Crippen LogP contribution in [0.3, 0.4) is 0 Å². The van der Waals surface area contributed by atoms with Gasteiger partial charge >= 0.3 is 0 Å². The summed E-state index contributed by atoms with van der Waals surface area (Å²) in [5.74, 6) is 1.26. The van der Waals surface area contributed by atoms with Gasteiger partial charge < -0.3 is 5.11 Å². The molecule has 2 rings (SSSR count). The minimum absolute atomic E-state index is 0.313. The van der Waals surface area contributed by atoms with Gasteiger partial charge in [0.15, 0.2) is 0 Å². The topological polar surface area (TPSA) is 20.2 Å². The predicted octanol–water partition coefficient (Wildman–Crippen LogP) is 4.91. The molecule has 0 aromatic heterocycles. The summed E-state index contributed by atoms with van der Waals surface area (Å²) >= 11 is 5.84. The van der Waals surface area contributed by atoms with Crippen LogP contribution in [0.4, 0.5) is 0 Å². The Morgan fingerprint density at radius 2 is 1.94 bits per heavy atom. The lowest BCUT2D eigenvalue weighted by Crippen LogP contribution is -2.19. The Balaban J connectivity index is 2.13. The molecule has 0 amide bonds.